The third-order valence-electron chi connectivity index (χ3n) is 2.09. The molecule has 1 aromatic heterocycles. The largest absolute Gasteiger partial charge is 0.492 e. The predicted molar refractivity (Wildman–Crippen MR) is 58.6 cm³/mol. The van der Waals surface area contributed by atoms with E-state index in [0.29, 0.717) is 19.1 Å². The molecule has 0 aliphatic rings. The minimum absolute atomic E-state index is 0.520. The number of benzene rings is 1. The Hall–Kier alpha value is -1.97. The minimum Gasteiger partial charge on any atom is -0.492 e. The van der Waals surface area contributed by atoms with Gasteiger partial charge in [-0.1, -0.05) is 18.2 Å². The smallest absolute Gasteiger partial charge is 0.200 e. The van der Waals surface area contributed by atoms with Crippen molar-refractivity contribution in [2.75, 3.05) is 12.3 Å². The van der Waals surface area contributed by atoms with Crippen molar-refractivity contribution in [2.45, 2.75) is 6.54 Å². The van der Waals surface area contributed by atoms with Crippen molar-refractivity contribution >= 4 is 5.95 Å². The molecule has 78 valence electrons. The van der Waals surface area contributed by atoms with E-state index in [1.807, 2.05) is 41.1 Å². The molecule has 2 N–H and O–H groups in total. The van der Waals surface area contributed by atoms with Crippen molar-refractivity contribution in [1.29, 1.82) is 0 Å². The van der Waals surface area contributed by atoms with E-state index in [0.717, 1.165) is 5.75 Å². The molecule has 0 bridgehead atoms. The van der Waals surface area contributed by atoms with Crippen molar-refractivity contribution in [3.63, 3.8) is 0 Å². The highest BCUT2D eigenvalue weighted by atomic mass is 16.5. The van der Waals surface area contributed by atoms with Crippen LogP contribution in [0.3, 0.4) is 0 Å². The average molecular weight is 203 g/mol. The van der Waals surface area contributed by atoms with Crippen molar-refractivity contribution in [3.05, 3.63) is 42.7 Å². The van der Waals surface area contributed by atoms with Crippen LogP contribution in [0.15, 0.2) is 42.7 Å². The van der Waals surface area contributed by atoms with Crippen LogP contribution in [0.1, 0.15) is 0 Å². The van der Waals surface area contributed by atoms with E-state index < -0.39 is 0 Å². The van der Waals surface area contributed by atoms with Gasteiger partial charge in [0.25, 0.3) is 0 Å². The van der Waals surface area contributed by atoms with E-state index >= 15 is 0 Å². The Kier molecular flexibility index (Phi) is 2.88. The van der Waals surface area contributed by atoms with Gasteiger partial charge in [-0.2, -0.15) is 0 Å². The number of nitrogens with zero attached hydrogens (tertiary/aromatic N) is 2. The number of rotatable bonds is 4. The first-order chi connectivity index (χ1) is 7.36. The third-order valence-corrected chi connectivity index (χ3v) is 2.09. The van der Waals surface area contributed by atoms with E-state index in [-0.39, 0.29) is 0 Å². The van der Waals surface area contributed by atoms with Gasteiger partial charge in [0.1, 0.15) is 12.4 Å². The van der Waals surface area contributed by atoms with Gasteiger partial charge in [0.05, 0.1) is 6.54 Å². The summed E-state index contributed by atoms with van der Waals surface area (Å²) in [4.78, 5) is 3.93. The van der Waals surface area contributed by atoms with Crippen LogP contribution in [-0.4, -0.2) is 16.2 Å². The Morgan fingerprint density at radius 2 is 2.07 bits per heavy atom. The molecule has 2 aromatic rings. The molecule has 15 heavy (non-hydrogen) atoms. The summed E-state index contributed by atoms with van der Waals surface area (Å²) in [7, 11) is 0. The van der Waals surface area contributed by atoms with Crippen LogP contribution in [0.25, 0.3) is 0 Å². The number of anilines is 1. The fourth-order valence-electron chi connectivity index (χ4n) is 1.31. The number of ether oxygens (including phenoxy) is 1. The van der Waals surface area contributed by atoms with Gasteiger partial charge in [0.2, 0.25) is 0 Å². The Morgan fingerprint density at radius 3 is 2.73 bits per heavy atom. The van der Waals surface area contributed by atoms with Gasteiger partial charge < -0.3 is 15.0 Å². The van der Waals surface area contributed by atoms with Crippen molar-refractivity contribution in [1.82, 2.24) is 9.55 Å². The SMILES string of the molecule is Nc1nccn1CCOc1ccccc1. The van der Waals surface area contributed by atoms with Gasteiger partial charge in [-0.15, -0.1) is 0 Å². The standard InChI is InChI=1S/C11H13N3O/c12-11-13-6-7-14(11)8-9-15-10-4-2-1-3-5-10/h1-7H,8-9H2,(H2,12,13). The Labute approximate surface area is 88.3 Å². The van der Waals surface area contributed by atoms with E-state index in [2.05, 4.69) is 4.98 Å². The number of nitrogens with two attached hydrogens (primary N) is 1. The molecule has 1 aromatic carbocycles. The summed E-state index contributed by atoms with van der Waals surface area (Å²) in [5.41, 5.74) is 5.62. The molecule has 0 aliphatic carbocycles. The monoisotopic (exact) mass is 203 g/mol. The van der Waals surface area contributed by atoms with Gasteiger partial charge in [-0.25, -0.2) is 4.98 Å². The lowest BCUT2D eigenvalue weighted by Crippen LogP contribution is -2.09. The first-order valence-electron chi connectivity index (χ1n) is 4.81. The fourth-order valence-corrected chi connectivity index (χ4v) is 1.31. The van der Waals surface area contributed by atoms with Gasteiger partial charge in [-0.3, -0.25) is 0 Å². The summed E-state index contributed by atoms with van der Waals surface area (Å²) >= 11 is 0. The van der Waals surface area contributed by atoms with Gasteiger partial charge in [0, 0.05) is 12.4 Å². The number of hydrogen-bond acceptors (Lipinski definition) is 3. The summed E-state index contributed by atoms with van der Waals surface area (Å²) in [6, 6.07) is 9.71. The summed E-state index contributed by atoms with van der Waals surface area (Å²) in [6.07, 6.45) is 3.52. The molecule has 0 spiro atoms. The van der Waals surface area contributed by atoms with Crippen LogP contribution >= 0.6 is 0 Å². The lowest BCUT2D eigenvalue weighted by Gasteiger charge is -2.07. The van der Waals surface area contributed by atoms with Gasteiger partial charge in [0.15, 0.2) is 5.95 Å². The number of nitrogen functional groups attached to an aromatic ring is 1. The molecule has 0 aliphatic heterocycles. The fraction of sp³-hybridized carbons (Fsp3) is 0.182. The maximum absolute atomic E-state index is 5.62. The number of imidazole rings is 1. The van der Waals surface area contributed by atoms with Crippen molar-refractivity contribution in [2.24, 2.45) is 0 Å². The molecule has 0 radical (unpaired) electrons. The molecule has 0 saturated heterocycles. The lowest BCUT2D eigenvalue weighted by molar-refractivity contribution is 0.299. The summed E-state index contributed by atoms with van der Waals surface area (Å²) < 4.78 is 7.38. The molecule has 4 heteroatoms. The molecule has 4 nitrogen and oxygen atoms in total. The van der Waals surface area contributed by atoms with Crippen LogP contribution in [0.2, 0.25) is 0 Å². The number of aromatic nitrogens is 2. The summed E-state index contributed by atoms with van der Waals surface area (Å²) in [5.74, 6) is 1.39. The van der Waals surface area contributed by atoms with Crippen LogP contribution in [-0.2, 0) is 6.54 Å². The van der Waals surface area contributed by atoms with E-state index in [1.54, 1.807) is 6.20 Å². The highest BCUT2D eigenvalue weighted by Gasteiger charge is 1.97. The molecule has 0 amide bonds. The number of para-hydroxylation sites is 1. The van der Waals surface area contributed by atoms with Gasteiger partial charge in [-0.05, 0) is 12.1 Å². The zero-order valence-corrected chi connectivity index (χ0v) is 8.34. The van der Waals surface area contributed by atoms with Gasteiger partial charge >= 0.3 is 0 Å². The molecule has 1 heterocycles. The predicted octanol–water partition coefficient (Wildman–Crippen LogP) is 1.54. The summed E-state index contributed by atoms with van der Waals surface area (Å²) in [6.45, 7) is 1.30. The molecule has 0 saturated carbocycles. The van der Waals surface area contributed by atoms with Crippen LogP contribution in [0, 0.1) is 0 Å². The van der Waals surface area contributed by atoms with E-state index in [9.17, 15) is 0 Å². The Balaban J connectivity index is 1.83. The van der Waals surface area contributed by atoms with Crippen molar-refractivity contribution < 1.29 is 4.74 Å². The molecule has 0 fully saturated rings. The summed E-state index contributed by atoms with van der Waals surface area (Å²) in [5, 5.41) is 0. The normalized spacial score (nSPS) is 10.1. The van der Waals surface area contributed by atoms with Crippen LogP contribution in [0.4, 0.5) is 5.95 Å². The van der Waals surface area contributed by atoms with Crippen LogP contribution < -0.4 is 10.5 Å². The quantitative estimate of drug-likeness (QED) is 0.820. The highest BCUT2D eigenvalue weighted by Crippen LogP contribution is 2.08. The average Bonchev–Trinajstić information content (AvgIpc) is 2.66. The third kappa shape index (κ3) is 2.49. The Bertz CT molecular complexity index is 411. The molecule has 0 atom stereocenters. The second kappa shape index (κ2) is 4.50. The van der Waals surface area contributed by atoms with Crippen LogP contribution in [0.5, 0.6) is 5.75 Å². The number of hydrogen-bond donors (Lipinski definition) is 1. The zero-order chi connectivity index (χ0) is 10.5. The lowest BCUT2D eigenvalue weighted by atomic mass is 10.3. The highest BCUT2D eigenvalue weighted by molar-refractivity contribution is 5.21. The maximum atomic E-state index is 5.62. The molecule has 2 rings (SSSR count). The molecular weight excluding hydrogens is 190 g/mol. The van der Waals surface area contributed by atoms with E-state index in [4.69, 9.17) is 10.5 Å². The topological polar surface area (TPSA) is 53.1 Å². The Morgan fingerprint density at radius 1 is 1.27 bits per heavy atom. The second-order valence-corrected chi connectivity index (χ2v) is 3.14. The zero-order valence-electron chi connectivity index (χ0n) is 8.34. The minimum atomic E-state index is 0.520. The molecule has 0 unspecified atom stereocenters. The first kappa shape index (κ1) is 9.58. The first-order valence-corrected chi connectivity index (χ1v) is 4.81. The van der Waals surface area contributed by atoms with E-state index in [1.165, 1.54) is 0 Å². The van der Waals surface area contributed by atoms with Crippen molar-refractivity contribution in [3.8, 4) is 5.75 Å². The second-order valence-electron chi connectivity index (χ2n) is 3.14. The maximum Gasteiger partial charge on any atom is 0.200 e. The molecular formula is C11H13N3O.